The lowest BCUT2D eigenvalue weighted by Gasteiger charge is -2.33. The lowest BCUT2D eigenvalue weighted by atomic mass is 10.1. The van der Waals surface area contributed by atoms with Crippen molar-refractivity contribution in [1.29, 1.82) is 0 Å². The second-order valence-corrected chi connectivity index (χ2v) is 11.9. The van der Waals surface area contributed by atoms with Crippen LogP contribution in [0.1, 0.15) is 30.0 Å². The van der Waals surface area contributed by atoms with Crippen LogP contribution in [0.5, 0.6) is 5.75 Å². The first-order chi connectivity index (χ1) is 18.9. The fourth-order valence-corrected chi connectivity index (χ4v) is 6.22. The van der Waals surface area contributed by atoms with Gasteiger partial charge in [0.15, 0.2) is 0 Å². The van der Waals surface area contributed by atoms with Gasteiger partial charge in [0, 0.05) is 29.2 Å². The van der Waals surface area contributed by atoms with Crippen LogP contribution in [-0.4, -0.2) is 51.9 Å². The molecule has 0 aliphatic carbocycles. The van der Waals surface area contributed by atoms with E-state index in [1.54, 1.807) is 55.5 Å². The van der Waals surface area contributed by atoms with Crippen LogP contribution in [-0.2, 0) is 26.2 Å². The van der Waals surface area contributed by atoms with Crippen molar-refractivity contribution in [1.82, 2.24) is 10.2 Å². The number of hydrogen-bond acceptors (Lipinski definition) is 5. The largest absolute Gasteiger partial charge is 0.495 e. The average molecular weight is 607 g/mol. The van der Waals surface area contributed by atoms with E-state index in [0.29, 0.717) is 15.6 Å². The summed E-state index contributed by atoms with van der Waals surface area (Å²) in [7, 11) is -1.34. The summed E-state index contributed by atoms with van der Waals surface area (Å²) in [5, 5.41) is 3.23. The van der Waals surface area contributed by atoms with Gasteiger partial charge in [0.1, 0.15) is 18.3 Å². The number of benzene rings is 3. The zero-order chi connectivity index (χ0) is 29.6. The molecule has 0 heterocycles. The molecule has 214 valence electrons. The summed E-state index contributed by atoms with van der Waals surface area (Å²) in [6, 6.07) is 15.5. The number of hydrogen-bond donors (Lipinski definition) is 1. The first-order valence-electron chi connectivity index (χ1n) is 12.6. The normalized spacial score (nSPS) is 12.0. The van der Waals surface area contributed by atoms with Gasteiger partial charge in [-0.25, -0.2) is 8.42 Å². The lowest BCUT2D eigenvalue weighted by Crippen LogP contribution is -2.51. The van der Waals surface area contributed by atoms with Crippen molar-refractivity contribution in [2.45, 2.75) is 44.7 Å². The van der Waals surface area contributed by atoms with E-state index in [1.165, 1.54) is 31.2 Å². The van der Waals surface area contributed by atoms with Gasteiger partial charge in [-0.2, -0.15) is 0 Å². The van der Waals surface area contributed by atoms with E-state index >= 15 is 0 Å². The average Bonchev–Trinajstić information content (AvgIpc) is 2.92. The third kappa shape index (κ3) is 6.89. The number of likely N-dealkylation sites (N-methyl/N-ethyl adjacent to an activating group) is 1. The van der Waals surface area contributed by atoms with Crippen LogP contribution in [0.3, 0.4) is 0 Å². The quantitative estimate of drug-likeness (QED) is 0.317. The van der Waals surface area contributed by atoms with Gasteiger partial charge in [-0.1, -0.05) is 60.0 Å². The molecular weight excluding hydrogens is 573 g/mol. The molecule has 0 fully saturated rings. The van der Waals surface area contributed by atoms with Crippen LogP contribution in [0.25, 0.3) is 0 Å². The van der Waals surface area contributed by atoms with Crippen molar-refractivity contribution in [3.8, 4) is 5.75 Å². The van der Waals surface area contributed by atoms with Gasteiger partial charge in [-0.15, -0.1) is 0 Å². The number of carbonyl (C=O) groups excluding carboxylic acids is 2. The SMILES string of the molecule is CC[C@@H](C(=O)NC)N(Cc1c(Cl)cccc1Cl)C(=O)CN(c1cc(C)ccc1OC)S(=O)(=O)c1ccc(C)cc1. The maximum atomic E-state index is 14.1. The van der Waals surface area contributed by atoms with Gasteiger partial charge in [0.25, 0.3) is 10.0 Å². The van der Waals surface area contributed by atoms with Crippen LogP contribution >= 0.6 is 23.2 Å². The Morgan fingerprint density at radius 2 is 1.57 bits per heavy atom. The summed E-state index contributed by atoms with van der Waals surface area (Å²) in [4.78, 5) is 28.3. The van der Waals surface area contributed by atoms with Crippen molar-refractivity contribution in [3.63, 3.8) is 0 Å². The number of anilines is 1. The Balaban J connectivity index is 2.17. The molecule has 3 aromatic carbocycles. The highest BCUT2D eigenvalue weighted by Gasteiger charge is 2.35. The zero-order valence-electron chi connectivity index (χ0n) is 23.1. The van der Waals surface area contributed by atoms with E-state index in [0.717, 1.165) is 15.4 Å². The first-order valence-corrected chi connectivity index (χ1v) is 14.8. The Morgan fingerprint density at radius 3 is 2.12 bits per heavy atom. The van der Waals surface area contributed by atoms with Crippen LogP contribution in [0, 0.1) is 13.8 Å². The molecular formula is C29H33Cl2N3O5S. The first kappa shape index (κ1) is 31.3. The number of halogens is 2. The Morgan fingerprint density at radius 1 is 0.975 bits per heavy atom. The number of methoxy groups -OCH3 is 1. The van der Waals surface area contributed by atoms with Crippen molar-refractivity contribution in [2.24, 2.45) is 0 Å². The molecule has 0 saturated carbocycles. The number of ether oxygens (including phenoxy) is 1. The van der Waals surface area contributed by atoms with Crippen LogP contribution < -0.4 is 14.4 Å². The highest BCUT2D eigenvalue weighted by Crippen LogP contribution is 2.34. The second kappa shape index (κ2) is 13.4. The summed E-state index contributed by atoms with van der Waals surface area (Å²) < 4.78 is 34.6. The topological polar surface area (TPSA) is 96.0 Å². The molecule has 0 bridgehead atoms. The van der Waals surface area contributed by atoms with E-state index in [-0.39, 0.29) is 29.3 Å². The van der Waals surface area contributed by atoms with E-state index in [2.05, 4.69) is 5.32 Å². The maximum Gasteiger partial charge on any atom is 0.264 e. The van der Waals surface area contributed by atoms with Crippen molar-refractivity contribution in [2.75, 3.05) is 25.0 Å². The molecule has 11 heteroatoms. The minimum absolute atomic E-state index is 0.00787. The van der Waals surface area contributed by atoms with Crippen LogP contribution in [0.2, 0.25) is 10.0 Å². The third-order valence-corrected chi connectivity index (χ3v) is 9.00. The summed E-state index contributed by atoms with van der Waals surface area (Å²) in [6.45, 7) is 4.71. The molecule has 0 unspecified atom stereocenters. The molecule has 0 aliphatic rings. The third-order valence-electron chi connectivity index (χ3n) is 6.51. The molecule has 1 atom stereocenters. The predicted molar refractivity (Wildman–Crippen MR) is 159 cm³/mol. The molecule has 0 radical (unpaired) electrons. The van der Waals surface area contributed by atoms with E-state index in [4.69, 9.17) is 27.9 Å². The second-order valence-electron chi connectivity index (χ2n) is 9.26. The minimum Gasteiger partial charge on any atom is -0.495 e. The van der Waals surface area contributed by atoms with Gasteiger partial charge in [-0.05, 0) is 62.2 Å². The predicted octanol–water partition coefficient (Wildman–Crippen LogP) is 5.37. The molecule has 0 aliphatic heterocycles. The van der Waals surface area contributed by atoms with Crippen molar-refractivity contribution >= 4 is 50.7 Å². The number of sulfonamides is 1. The fraction of sp³-hybridized carbons (Fsp3) is 0.310. The number of carbonyl (C=O) groups is 2. The zero-order valence-corrected chi connectivity index (χ0v) is 25.4. The highest BCUT2D eigenvalue weighted by molar-refractivity contribution is 7.92. The smallest absolute Gasteiger partial charge is 0.264 e. The molecule has 40 heavy (non-hydrogen) atoms. The Labute approximate surface area is 245 Å². The number of rotatable bonds is 11. The molecule has 3 aromatic rings. The van der Waals surface area contributed by atoms with E-state index in [1.807, 2.05) is 13.8 Å². The molecule has 0 spiro atoms. The Kier molecular flexibility index (Phi) is 10.5. The Hall–Kier alpha value is -3.27. The number of amides is 2. The van der Waals surface area contributed by atoms with Crippen molar-refractivity contribution < 1.29 is 22.7 Å². The van der Waals surface area contributed by atoms with Gasteiger partial charge in [0.05, 0.1) is 17.7 Å². The number of nitrogens with zero attached hydrogens (tertiary/aromatic N) is 2. The number of nitrogens with one attached hydrogen (secondary N) is 1. The van der Waals surface area contributed by atoms with Gasteiger partial charge >= 0.3 is 0 Å². The van der Waals surface area contributed by atoms with Gasteiger partial charge in [-0.3, -0.25) is 13.9 Å². The summed E-state index contributed by atoms with van der Waals surface area (Å²) in [6.07, 6.45) is 0.270. The summed E-state index contributed by atoms with van der Waals surface area (Å²) in [5.41, 5.74) is 2.29. The van der Waals surface area contributed by atoms with Crippen molar-refractivity contribution in [3.05, 3.63) is 87.4 Å². The molecule has 2 amide bonds. The van der Waals surface area contributed by atoms with E-state index in [9.17, 15) is 18.0 Å². The molecule has 0 saturated heterocycles. The van der Waals surface area contributed by atoms with Crippen LogP contribution in [0.15, 0.2) is 65.6 Å². The van der Waals surface area contributed by atoms with Gasteiger partial charge < -0.3 is 15.0 Å². The minimum atomic E-state index is -4.24. The fourth-order valence-electron chi connectivity index (χ4n) is 4.29. The van der Waals surface area contributed by atoms with E-state index < -0.39 is 34.4 Å². The molecule has 3 rings (SSSR count). The molecule has 8 nitrogen and oxygen atoms in total. The molecule has 0 aromatic heterocycles. The van der Waals surface area contributed by atoms with Gasteiger partial charge in [0.2, 0.25) is 11.8 Å². The standard InChI is InChI=1S/C29H33Cl2N3O5S/c1-6-25(29(36)32-4)33(17-22-23(30)8-7-9-24(22)31)28(35)18-34(26-16-20(3)12-15-27(26)39-5)40(37,38)21-13-10-19(2)11-14-21/h7-16,25H,6,17-18H2,1-5H3,(H,32,36)/t25-/m0/s1. The number of aryl methyl sites for hydroxylation is 2. The highest BCUT2D eigenvalue weighted by atomic mass is 35.5. The van der Waals surface area contributed by atoms with Crippen LogP contribution in [0.4, 0.5) is 5.69 Å². The lowest BCUT2D eigenvalue weighted by molar-refractivity contribution is -0.140. The monoisotopic (exact) mass is 605 g/mol. The Bertz CT molecular complexity index is 1460. The maximum absolute atomic E-state index is 14.1. The summed E-state index contributed by atoms with van der Waals surface area (Å²) >= 11 is 12.8. The summed E-state index contributed by atoms with van der Waals surface area (Å²) in [5.74, 6) is -0.751. The molecule has 1 N–H and O–H groups in total.